The normalized spacial score (nSPS) is 22.9. The lowest BCUT2D eigenvalue weighted by molar-refractivity contribution is -0.384. The second kappa shape index (κ2) is 8.94. The van der Waals surface area contributed by atoms with Crippen molar-refractivity contribution in [2.45, 2.75) is 46.1 Å². The van der Waals surface area contributed by atoms with Crippen LogP contribution in [0.25, 0.3) is 0 Å². The monoisotopic (exact) mass is 442 g/mol. The van der Waals surface area contributed by atoms with E-state index in [0.717, 1.165) is 0 Å². The molecule has 1 N–H and O–H groups in total. The van der Waals surface area contributed by atoms with Crippen molar-refractivity contribution in [2.75, 3.05) is 7.11 Å². The first kappa shape index (κ1) is 23.2. The summed E-state index contributed by atoms with van der Waals surface area (Å²) in [6.07, 6.45) is -0.0235. The van der Waals surface area contributed by atoms with Crippen LogP contribution in [0.5, 0.6) is 0 Å². The highest BCUT2D eigenvalue weighted by molar-refractivity contribution is 6.12. The molecule has 0 spiro atoms. The van der Waals surface area contributed by atoms with Gasteiger partial charge in [0.15, 0.2) is 5.78 Å². The first-order chi connectivity index (χ1) is 15.1. The van der Waals surface area contributed by atoms with Gasteiger partial charge in [0.1, 0.15) is 5.92 Å². The second-order valence-electron chi connectivity index (χ2n) is 8.34. The van der Waals surface area contributed by atoms with Crippen molar-refractivity contribution in [1.82, 2.24) is 5.32 Å². The van der Waals surface area contributed by atoms with Gasteiger partial charge in [-0.3, -0.25) is 19.7 Å². The number of carbonyl (C=O) groups excluding carboxylic acids is 3. The minimum absolute atomic E-state index is 0.168. The van der Waals surface area contributed by atoms with Gasteiger partial charge < -0.3 is 14.8 Å². The third-order valence-electron chi connectivity index (χ3n) is 5.72. The fourth-order valence-corrected chi connectivity index (χ4v) is 4.38. The Labute approximate surface area is 185 Å². The van der Waals surface area contributed by atoms with Crippen LogP contribution < -0.4 is 5.32 Å². The molecule has 3 atom stereocenters. The number of rotatable bonds is 5. The van der Waals surface area contributed by atoms with Gasteiger partial charge in [0, 0.05) is 35.0 Å². The molecule has 9 nitrogen and oxygen atoms in total. The number of Topliss-reactive ketones (excluding diaryl/α,β-unsaturated/α-hetero) is 1. The first-order valence-corrected chi connectivity index (χ1v) is 10.3. The van der Waals surface area contributed by atoms with Crippen molar-refractivity contribution in [2.24, 2.45) is 11.8 Å². The van der Waals surface area contributed by atoms with Gasteiger partial charge in [-0.1, -0.05) is 19.1 Å². The number of non-ortho nitro benzene ring substituents is 1. The topological polar surface area (TPSA) is 125 Å². The fourth-order valence-electron chi connectivity index (χ4n) is 4.38. The van der Waals surface area contributed by atoms with Gasteiger partial charge in [-0.25, -0.2) is 4.79 Å². The van der Waals surface area contributed by atoms with E-state index in [1.165, 1.54) is 25.3 Å². The summed E-state index contributed by atoms with van der Waals surface area (Å²) in [6.45, 7) is 6.90. The van der Waals surface area contributed by atoms with E-state index in [4.69, 9.17) is 9.47 Å². The molecule has 1 heterocycles. The Morgan fingerprint density at radius 3 is 2.56 bits per heavy atom. The van der Waals surface area contributed by atoms with Crippen LogP contribution in [0.4, 0.5) is 5.69 Å². The number of nitrogens with zero attached hydrogens (tertiary/aromatic N) is 1. The number of esters is 2. The third kappa shape index (κ3) is 4.15. The van der Waals surface area contributed by atoms with Gasteiger partial charge in [-0.2, -0.15) is 0 Å². The molecule has 0 aromatic heterocycles. The smallest absolute Gasteiger partial charge is 0.337 e. The number of nitro groups is 1. The number of ether oxygens (including phenoxy) is 2. The predicted octanol–water partition coefficient (Wildman–Crippen LogP) is 3.16. The van der Waals surface area contributed by atoms with Crippen molar-refractivity contribution < 1.29 is 28.8 Å². The SMILES string of the molecule is COC(=O)[C@@H]1C(=O)C2=C(C[C@@H]1C)NC(C)=C(C(=O)OC(C)C)[C@H]2c1cccc([N+](=O)[O-])c1. The van der Waals surface area contributed by atoms with Gasteiger partial charge in [0.2, 0.25) is 0 Å². The molecule has 2 aliphatic rings. The van der Waals surface area contributed by atoms with Crippen LogP contribution in [0.1, 0.15) is 45.6 Å². The van der Waals surface area contributed by atoms with E-state index in [2.05, 4.69) is 5.32 Å². The Bertz CT molecular complexity index is 1050. The lowest BCUT2D eigenvalue weighted by Crippen LogP contribution is -2.43. The Kier molecular flexibility index (Phi) is 6.47. The highest BCUT2D eigenvalue weighted by atomic mass is 16.6. The zero-order chi connectivity index (χ0) is 23.7. The summed E-state index contributed by atoms with van der Waals surface area (Å²) in [6, 6.07) is 5.81. The molecular formula is C23H26N2O7. The standard InChI is InChI=1S/C23H26N2O7/c1-11(2)32-23(28)18-13(4)24-16-9-12(3)17(22(27)31-5)21(26)20(16)19(18)14-7-6-8-15(10-14)25(29)30/h6-8,10-12,17,19,24H,9H2,1-5H3/t12-,17-,19+/m0/s1. The number of benzene rings is 1. The molecule has 1 aromatic rings. The number of nitro benzene ring substituents is 1. The molecule has 0 saturated heterocycles. The second-order valence-corrected chi connectivity index (χ2v) is 8.34. The van der Waals surface area contributed by atoms with Gasteiger partial charge in [-0.05, 0) is 38.7 Å². The van der Waals surface area contributed by atoms with Gasteiger partial charge in [-0.15, -0.1) is 0 Å². The number of methoxy groups -OCH3 is 1. The van der Waals surface area contributed by atoms with E-state index < -0.39 is 40.6 Å². The van der Waals surface area contributed by atoms with E-state index in [1.807, 2.05) is 0 Å². The van der Waals surface area contributed by atoms with Crippen LogP contribution in [0.3, 0.4) is 0 Å². The van der Waals surface area contributed by atoms with E-state index in [1.54, 1.807) is 33.8 Å². The molecular weight excluding hydrogens is 416 g/mol. The number of hydrogen-bond acceptors (Lipinski definition) is 8. The molecule has 32 heavy (non-hydrogen) atoms. The average Bonchev–Trinajstić information content (AvgIpc) is 2.71. The summed E-state index contributed by atoms with van der Waals surface area (Å²) in [5, 5.41) is 14.5. The molecule has 0 amide bonds. The van der Waals surface area contributed by atoms with E-state index in [-0.39, 0.29) is 22.8 Å². The maximum Gasteiger partial charge on any atom is 0.337 e. The van der Waals surface area contributed by atoms with Crippen molar-refractivity contribution in [3.63, 3.8) is 0 Å². The number of ketones is 1. The van der Waals surface area contributed by atoms with Crippen molar-refractivity contribution in [3.05, 3.63) is 62.5 Å². The number of carbonyl (C=O) groups is 3. The summed E-state index contributed by atoms with van der Waals surface area (Å²) < 4.78 is 10.3. The van der Waals surface area contributed by atoms with Crippen LogP contribution in [0.2, 0.25) is 0 Å². The Balaban J connectivity index is 2.22. The highest BCUT2D eigenvalue weighted by Gasteiger charge is 2.47. The van der Waals surface area contributed by atoms with Crippen LogP contribution in [-0.2, 0) is 23.9 Å². The minimum Gasteiger partial charge on any atom is -0.468 e. The molecule has 9 heteroatoms. The van der Waals surface area contributed by atoms with Crippen molar-refractivity contribution >= 4 is 23.4 Å². The number of dihydropyridines is 1. The Morgan fingerprint density at radius 2 is 1.97 bits per heavy atom. The molecule has 0 fully saturated rings. The molecule has 0 bridgehead atoms. The molecule has 1 aromatic carbocycles. The largest absolute Gasteiger partial charge is 0.468 e. The van der Waals surface area contributed by atoms with E-state index in [9.17, 15) is 24.5 Å². The van der Waals surface area contributed by atoms with Crippen LogP contribution in [-0.4, -0.2) is 35.9 Å². The highest BCUT2D eigenvalue weighted by Crippen LogP contribution is 2.46. The summed E-state index contributed by atoms with van der Waals surface area (Å²) in [4.78, 5) is 49.9. The Hall–Kier alpha value is -3.49. The quantitative estimate of drug-likeness (QED) is 0.319. The summed E-state index contributed by atoms with van der Waals surface area (Å²) in [5.74, 6) is -3.99. The molecule has 1 aliphatic heterocycles. The first-order valence-electron chi connectivity index (χ1n) is 10.3. The molecule has 170 valence electrons. The van der Waals surface area contributed by atoms with Crippen molar-refractivity contribution in [1.29, 1.82) is 0 Å². The zero-order valence-electron chi connectivity index (χ0n) is 18.6. The molecule has 1 aliphatic carbocycles. The fraction of sp³-hybridized carbons (Fsp3) is 0.435. The summed E-state index contributed by atoms with van der Waals surface area (Å²) in [5.41, 5.74) is 1.75. The zero-order valence-corrected chi connectivity index (χ0v) is 18.6. The number of hydrogen-bond donors (Lipinski definition) is 1. The Morgan fingerprint density at radius 1 is 1.28 bits per heavy atom. The summed E-state index contributed by atoms with van der Waals surface area (Å²) in [7, 11) is 1.22. The minimum atomic E-state index is -1.03. The number of nitrogens with one attached hydrogen (secondary N) is 1. The van der Waals surface area contributed by atoms with Crippen molar-refractivity contribution in [3.8, 4) is 0 Å². The molecule has 0 unspecified atom stereocenters. The third-order valence-corrected chi connectivity index (χ3v) is 5.72. The van der Waals surface area contributed by atoms with Gasteiger partial charge >= 0.3 is 11.9 Å². The average molecular weight is 442 g/mol. The lowest BCUT2D eigenvalue weighted by atomic mass is 9.69. The van der Waals surface area contributed by atoms with E-state index >= 15 is 0 Å². The van der Waals surface area contributed by atoms with Gasteiger partial charge in [0.05, 0.1) is 23.7 Å². The molecule has 0 radical (unpaired) electrons. The summed E-state index contributed by atoms with van der Waals surface area (Å²) >= 11 is 0. The molecule has 0 saturated carbocycles. The number of allylic oxidation sites excluding steroid dienone is 3. The predicted molar refractivity (Wildman–Crippen MR) is 114 cm³/mol. The van der Waals surface area contributed by atoms with E-state index in [0.29, 0.717) is 23.4 Å². The maximum absolute atomic E-state index is 13.6. The van der Waals surface area contributed by atoms with Crippen LogP contribution in [0.15, 0.2) is 46.8 Å². The molecule has 3 rings (SSSR count). The van der Waals surface area contributed by atoms with Gasteiger partial charge in [0.25, 0.3) is 5.69 Å². The lowest BCUT2D eigenvalue weighted by Gasteiger charge is -2.38. The van der Waals surface area contributed by atoms with Crippen LogP contribution in [0, 0.1) is 22.0 Å². The maximum atomic E-state index is 13.6. The van der Waals surface area contributed by atoms with Crippen LogP contribution >= 0.6 is 0 Å².